The second-order valence-corrected chi connectivity index (χ2v) is 8.74. The van der Waals surface area contributed by atoms with Crippen molar-refractivity contribution in [3.05, 3.63) is 0 Å². The number of likely N-dealkylation sites (tertiary alicyclic amines) is 1. The van der Waals surface area contributed by atoms with E-state index in [4.69, 9.17) is 0 Å². The van der Waals surface area contributed by atoms with Gasteiger partial charge in [0.05, 0.1) is 6.10 Å². The third kappa shape index (κ3) is 3.72. The van der Waals surface area contributed by atoms with Crippen molar-refractivity contribution in [2.75, 3.05) is 13.1 Å². The highest BCUT2D eigenvalue weighted by atomic mass is 16.3. The Morgan fingerprint density at radius 3 is 2.42 bits per heavy atom. The highest BCUT2D eigenvalue weighted by molar-refractivity contribution is 4.95. The Hall–Kier alpha value is -0.0800. The van der Waals surface area contributed by atoms with E-state index < -0.39 is 0 Å². The van der Waals surface area contributed by atoms with Crippen LogP contribution in [-0.2, 0) is 0 Å². The van der Waals surface area contributed by atoms with E-state index in [2.05, 4.69) is 39.5 Å². The molecule has 2 fully saturated rings. The Morgan fingerprint density at radius 1 is 1.16 bits per heavy atom. The Morgan fingerprint density at radius 2 is 1.84 bits per heavy atom. The number of aliphatic hydroxyl groups excluding tert-OH is 1. The minimum atomic E-state index is -0.0753. The van der Waals surface area contributed by atoms with Crippen LogP contribution in [-0.4, -0.2) is 35.2 Å². The van der Waals surface area contributed by atoms with Gasteiger partial charge in [-0.25, -0.2) is 0 Å². The molecule has 2 heteroatoms. The lowest BCUT2D eigenvalue weighted by Crippen LogP contribution is -2.54. The normalized spacial score (nSPS) is 37.3. The first-order valence-electron chi connectivity index (χ1n) is 8.11. The molecule has 2 aliphatic rings. The predicted octanol–water partition coefficient (Wildman–Crippen LogP) is 3.68. The van der Waals surface area contributed by atoms with Gasteiger partial charge >= 0.3 is 0 Å². The molecule has 1 saturated carbocycles. The molecule has 1 aliphatic carbocycles. The van der Waals surface area contributed by atoms with Gasteiger partial charge in [0.2, 0.25) is 0 Å². The maximum atomic E-state index is 10.1. The molecule has 2 rings (SSSR count). The van der Waals surface area contributed by atoms with E-state index in [9.17, 15) is 5.11 Å². The average molecular weight is 267 g/mol. The first kappa shape index (κ1) is 15.3. The van der Waals surface area contributed by atoms with Gasteiger partial charge in [0.15, 0.2) is 0 Å². The lowest BCUT2D eigenvalue weighted by atomic mass is 9.67. The monoisotopic (exact) mass is 267 g/mol. The summed E-state index contributed by atoms with van der Waals surface area (Å²) in [5.41, 5.74) is 0.801. The van der Waals surface area contributed by atoms with E-state index in [1.165, 1.54) is 32.4 Å². The summed E-state index contributed by atoms with van der Waals surface area (Å²) in [4.78, 5) is 2.70. The zero-order chi connectivity index (χ0) is 14.3. The molecule has 0 spiro atoms. The Kier molecular flexibility index (Phi) is 4.32. The van der Waals surface area contributed by atoms with Gasteiger partial charge < -0.3 is 5.11 Å². The maximum Gasteiger partial charge on any atom is 0.0555 e. The van der Waals surface area contributed by atoms with Crippen molar-refractivity contribution >= 4 is 0 Å². The first-order chi connectivity index (χ1) is 8.69. The molecule has 1 N–H and O–H groups in total. The minimum absolute atomic E-state index is 0.0753. The molecule has 1 saturated heterocycles. The largest absolute Gasteiger partial charge is 0.393 e. The van der Waals surface area contributed by atoms with Crippen LogP contribution in [0.25, 0.3) is 0 Å². The van der Waals surface area contributed by atoms with Crippen molar-refractivity contribution in [1.82, 2.24) is 4.90 Å². The van der Waals surface area contributed by atoms with Crippen LogP contribution in [0.4, 0.5) is 0 Å². The average Bonchev–Trinajstić information content (AvgIpc) is 2.25. The van der Waals surface area contributed by atoms with E-state index in [-0.39, 0.29) is 6.10 Å². The number of hydrogen-bond donors (Lipinski definition) is 1. The summed E-state index contributed by atoms with van der Waals surface area (Å²) >= 11 is 0. The van der Waals surface area contributed by atoms with E-state index in [0.717, 1.165) is 18.8 Å². The van der Waals surface area contributed by atoms with Crippen LogP contribution in [0.3, 0.4) is 0 Å². The van der Waals surface area contributed by atoms with E-state index in [1.807, 2.05) is 0 Å². The third-order valence-electron chi connectivity index (χ3n) is 5.30. The molecule has 0 aromatic carbocycles. The van der Waals surface area contributed by atoms with Crippen LogP contribution >= 0.6 is 0 Å². The van der Waals surface area contributed by atoms with Gasteiger partial charge in [0, 0.05) is 12.6 Å². The van der Waals surface area contributed by atoms with Crippen molar-refractivity contribution in [3.63, 3.8) is 0 Å². The van der Waals surface area contributed by atoms with Crippen molar-refractivity contribution in [3.8, 4) is 0 Å². The van der Waals surface area contributed by atoms with E-state index in [0.29, 0.717) is 16.9 Å². The fourth-order valence-electron chi connectivity index (χ4n) is 4.29. The van der Waals surface area contributed by atoms with Crippen LogP contribution in [0, 0.1) is 16.7 Å². The number of aliphatic hydroxyl groups is 1. The lowest BCUT2D eigenvalue weighted by molar-refractivity contribution is -0.0371. The number of nitrogens with zero attached hydrogens (tertiary/aromatic N) is 1. The third-order valence-corrected chi connectivity index (χ3v) is 5.30. The SMILES string of the molecule is CC1(C)CCCN(C2CC(O)CCC2C(C)(C)C)C1. The Labute approximate surface area is 119 Å². The van der Waals surface area contributed by atoms with Gasteiger partial charge in [-0.05, 0) is 55.4 Å². The summed E-state index contributed by atoms with van der Waals surface area (Å²) in [6.07, 6.45) is 5.75. The summed E-state index contributed by atoms with van der Waals surface area (Å²) in [7, 11) is 0. The van der Waals surface area contributed by atoms with Crippen molar-refractivity contribution in [2.45, 2.75) is 78.9 Å². The number of rotatable bonds is 1. The zero-order valence-electron chi connectivity index (χ0n) is 13.6. The molecule has 0 aromatic rings. The molecule has 3 unspecified atom stereocenters. The minimum Gasteiger partial charge on any atom is -0.393 e. The highest BCUT2D eigenvalue weighted by Crippen LogP contribution is 2.42. The van der Waals surface area contributed by atoms with Crippen LogP contribution in [0.15, 0.2) is 0 Å². The van der Waals surface area contributed by atoms with Crippen LogP contribution in [0.1, 0.15) is 66.7 Å². The molecule has 3 atom stereocenters. The Bertz CT molecular complexity index is 305. The van der Waals surface area contributed by atoms with Gasteiger partial charge in [-0.2, -0.15) is 0 Å². The van der Waals surface area contributed by atoms with E-state index in [1.54, 1.807) is 0 Å². The highest BCUT2D eigenvalue weighted by Gasteiger charge is 2.41. The van der Waals surface area contributed by atoms with Crippen LogP contribution < -0.4 is 0 Å². The summed E-state index contributed by atoms with van der Waals surface area (Å²) in [5, 5.41) is 10.1. The summed E-state index contributed by atoms with van der Waals surface area (Å²) < 4.78 is 0. The van der Waals surface area contributed by atoms with Gasteiger partial charge in [0.25, 0.3) is 0 Å². The molecular formula is C17H33NO. The van der Waals surface area contributed by atoms with Crippen molar-refractivity contribution in [2.24, 2.45) is 16.7 Å². The smallest absolute Gasteiger partial charge is 0.0555 e. The van der Waals surface area contributed by atoms with Crippen molar-refractivity contribution < 1.29 is 5.11 Å². The second-order valence-electron chi connectivity index (χ2n) is 8.74. The van der Waals surface area contributed by atoms with Crippen LogP contribution in [0.5, 0.6) is 0 Å². The topological polar surface area (TPSA) is 23.5 Å². The molecular weight excluding hydrogens is 234 g/mol. The predicted molar refractivity (Wildman–Crippen MR) is 81.2 cm³/mol. The Balaban J connectivity index is 2.13. The van der Waals surface area contributed by atoms with Gasteiger partial charge in [-0.3, -0.25) is 4.90 Å². The second kappa shape index (κ2) is 5.37. The summed E-state index contributed by atoms with van der Waals surface area (Å²) in [6, 6.07) is 0.586. The molecule has 112 valence electrons. The first-order valence-corrected chi connectivity index (χ1v) is 8.11. The molecule has 0 aromatic heterocycles. The van der Waals surface area contributed by atoms with E-state index >= 15 is 0 Å². The lowest BCUT2D eigenvalue weighted by Gasteiger charge is -2.50. The fourth-order valence-corrected chi connectivity index (χ4v) is 4.29. The molecule has 0 bridgehead atoms. The molecule has 1 heterocycles. The maximum absolute atomic E-state index is 10.1. The standard InChI is InChI=1S/C17H33NO/c1-16(2,3)14-8-7-13(19)11-15(14)18-10-6-9-17(4,5)12-18/h13-15,19H,6-12H2,1-5H3. The quantitative estimate of drug-likeness (QED) is 0.783. The molecule has 0 radical (unpaired) electrons. The fraction of sp³-hybridized carbons (Fsp3) is 1.00. The van der Waals surface area contributed by atoms with Crippen molar-refractivity contribution in [1.29, 1.82) is 0 Å². The summed E-state index contributed by atoms with van der Waals surface area (Å²) in [5.74, 6) is 0.727. The number of hydrogen-bond acceptors (Lipinski definition) is 2. The van der Waals surface area contributed by atoms with Gasteiger partial charge in [-0.1, -0.05) is 34.6 Å². The zero-order valence-corrected chi connectivity index (χ0v) is 13.6. The molecule has 2 nitrogen and oxygen atoms in total. The summed E-state index contributed by atoms with van der Waals surface area (Å²) in [6.45, 7) is 14.3. The van der Waals surface area contributed by atoms with Crippen LogP contribution in [0.2, 0.25) is 0 Å². The molecule has 0 amide bonds. The van der Waals surface area contributed by atoms with Gasteiger partial charge in [-0.15, -0.1) is 0 Å². The molecule has 19 heavy (non-hydrogen) atoms. The molecule has 1 aliphatic heterocycles. The number of piperidine rings is 1. The van der Waals surface area contributed by atoms with Gasteiger partial charge in [0.1, 0.15) is 0 Å².